The number of rotatable bonds is 1. The molecular formula is C8H6N2OSi. The van der Waals surface area contributed by atoms with Crippen LogP contribution in [0.15, 0.2) is 18.2 Å². The van der Waals surface area contributed by atoms with Crippen LogP contribution in [0, 0.1) is 22.7 Å². The van der Waals surface area contributed by atoms with Crippen LogP contribution < -0.4 is 4.43 Å². The maximum Gasteiger partial charge on any atom is 0.204 e. The van der Waals surface area contributed by atoms with Crippen molar-refractivity contribution in [3.05, 3.63) is 29.3 Å². The normalized spacial score (nSPS) is 8.50. The summed E-state index contributed by atoms with van der Waals surface area (Å²) in [4.78, 5) is 0. The van der Waals surface area contributed by atoms with Gasteiger partial charge in [0, 0.05) is 0 Å². The van der Waals surface area contributed by atoms with E-state index in [4.69, 9.17) is 14.9 Å². The predicted octanol–water partition coefficient (Wildman–Crippen LogP) is 0.0892. The molecule has 3 nitrogen and oxygen atoms in total. The first-order valence-electron chi connectivity index (χ1n) is 3.30. The Kier molecular flexibility index (Phi) is 2.47. The highest BCUT2D eigenvalue weighted by atomic mass is 28.2. The van der Waals surface area contributed by atoms with Gasteiger partial charge in [0.2, 0.25) is 10.5 Å². The van der Waals surface area contributed by atoms with Crippen LogP contribution in [0.1, 0.15) is 11.1 Å². The lowest BCUT2D eigenvalue weighted by Gasteiger charge is -2.00. The van der Waals surface area contributed by atoms with E-state index in [0.29, 0.717) is 27.4 Å². The Morgan fingerprint density at radius 3 is 2.33 bits per heavy atom. The van der Waals surface area contributed by atoms with Gasteiger partial charge in [0.25, 0.3) is 0 Å². The average molecular weight is 174 g/mol. The monoisotopic (exact) mass is 174 g/mol. The molecule has 0 atom stereocenters. The predicted molar refractivity (Wildman–Crippen MR) is 46.4 cm³/mol. The third kappa shape index (κ3) is 1.44. The lowest BCUT2D eigenvalue weighted by atomic mass is 10.1. The summed E-state index contributed by atoms with van der Waals surface area (Å²) in [5.41, 5.74) is 0.755. The molecule has 0 amide bonds. The first-order chi connectivity index (χ1) is 5.81. The summed E-state index contributed by atoms with van der Waals surface area (Å²) in [5.74, 6) is 0.650. The van der Waals surface area contributed by atoms with Crippen molar-refractivity contribution in [2.75, 3.05) is 0 Å². The zero-order valence-electron chi connectivity index (χ0n) is 6.53. The Balaban J connectivity index is 3.25. The van der Waals surface area contributed by atoms with Gasteiger partial charge in [-0.1, -0.05) is 0 Å². The Hall–Kier alpha value is -1.78. The molecule has 0 aliphatic rings. The molecule has 58 valence electrons. The summed E-state index contributed by atoms with van der Waals surface area (Å²) >= 11 is 0. The second-order valence-electron chi connectivity index (χ2n) is 2.14. The van der Waals surface area contributed by atoms with E-state index in [0.717, 1.165) is 0 Å². The largest absolute Gasteiger partial charge is 0.553 e. The zero-order valence-corrected chi connectivity index (χ0v) is 8.53. The van der Waals surface area contributed by atoms with E-state index in [-0.39, 0.29) is 0 Å². The number of hydrogen-bond acceptors (Lipinski definition) is 3. The molecule has 0 heterocycles. The second kappa shape index (κ2) is 3.56. The molecule has 0 aromatic heterocycles. The van der Waals surface area contributed by atoms with Crippen molar-refractivity contribution >= 4 is 10.5 Å². The fraction of sp³-hybridized carbons (Fsp3) is 0. The molecule has 0 N–H and O–H groups in total. The van der Waals surface area contributed by atoms with Crippen LogP contribution in [0.2, 0.25) is 0 Å². The van der Waals surface area contributed by atoms with Crippen molar-refractivity contribution in [1.82, 2.24) is 0 Å². The van der Waals surface area contributed by atoms with Crippen molar-refractivity contribution in [3.8, 4) is 17.9 Å². The second-order valence-corrected chi connectivity index (χ2v) is 2.54. The first kappa shape index (κ1) is 8.31. The Morgan fingerprint density at radius 1 is 1.17 bits per heavy atom. The molecule has 0 saturated carbocycles. The van der Waals surface area contributed by atoms with Crippen LogP contribution in [0.25, 0.3) is 0 Å². The SMILES string of the molecule is N#Cc1ccc(O[SiH3])cc1C#N. The van der Waals surface area contributed by atoms with Gasteiger partial charge in [-0.25, -0.2) is 0 Å². The summed E-state index contributed by atoms with van der Waals surface area (Å²) < 4.78 is 5.03. The van der Waals surface area contributed by atoms with E-state index in [1.54, 1.807) is 18.2 Å². The van der Waals surface area contributed by atoms with Gasteiger partial charge < -0.3 is 4.43 Å². The third-order valence-electron chi connectivity index (χ3n) is 1.47. The van der Waals surface area contributed by atoms with Crippen LogP contribution in [0.4, 0.5) is 0 Å². The highest BCUT2D eigenvalue weighted by molar-refractivity contribution is 6.00. The van der Waals surface area contributed by atoms with Crippen LogP contribution in [-0.4, -0.2) is 10.5 Å². The Bertz CT molecular complexity index is 376. The maximum atomic E-state index is 8.62. The van der Waals surface area contributed by atoms with Crippen molar-refractivity contribution in [2.45, 2.75) is 0 Å². The summed E-state index contributed by atoms with van der Waals surface area (Å²) in [6, 6.07) is 8.72. The lowest BCUT2D eigenvalue weighted by molar-refractivity contribution is 0.616. The van der Waals surface area contributed by atoms with Gasteiger partial charge in [0.15, 0.2) is 0 Å². The number of benzene rings is 1. The average Bonchev–Trinajstić information content (AvgIpc) is 2.16. The van der Waals surface area contributed by atoms with Crippen molar-refractivity contribution in [3.63, 3.8) is 0 Å². The molecular weight excluding hydrogens is 168 g/mol. The van der Waals surface area contributed by atoms with Gasteiger partial charge in [0.1, 0.15) is 17.9 Å². The standard InChI is InChI=1S/C8H6N2OSi/c9-4-6-1-2-8(11-12)3-7(6)5-10/h1-3H,12H3. The topological polar surface area (TPSA) is 56.8 Å². The van der Waals surface area contributed by atoms with Gasteiger partial charge in [-0.2, -0.15) is 10.5 Å². The Labute approximate surface area is 73.4 Å². The molecule has 0 aliphatic heterocycles. The van der Waals surface area contributed by atoms with Gasteiger partial charge in [-0.15, -0.1) is 0 Å². The smallest absolute Gasteiger partial charge is 0.204 e. The van der Waals surface area contributed by atoms with E-state index >= 15 is 0 Å². The van der Waals surface area contributed by atoms with Crippen LogP contribution >= 0.6 is 0 Å². The van der Waals surface area contributed by atoms with Crippen LogP contribution in [0.5, 0.6) is 5.75 Å². The third-order valence-corrected chi connectivity index (χ3v) is 1.94. The van der Waals surface area contributed by atoms with E-state index in [9.17, 15) is 0 Å². The molecule has 1 aromatic carbocycles. The maximum absolute atomic E-state index is 8.62. The molecule has 0 aliphatic carbocycles. The fourth-order valence-electron chi connectivity index (χ4n) is 0.840. The van der Waals surface area contributed by atoms with Gasteiger partial charge >= 0.3 is 0 Å². The van der Waals surface area contributed by atoms with Crippen molar-refractivity contribution in [2.24, 2.45) is 0 Å². The van der Waals surface area contributed by atoms with Crippen LogP contribution in [-0.2, 0) is 0 Å². The fourth-order valence-corrected chi connectivity index (χ4v) is 1.09. The molecule has 12 heavy (non-hydrogen) atoms. The Morgan fingerprint density at radius 2 is 1.83 bits per heavy atom. The molecule has 0 spiro atoms. The van der Waals surface area contributed by atoms with Gasteiger partial charge in [-0.05, 0) is 18.2 Å². The van der Waals surface area contributed by atoms with E-state index in [2.05, 4.69) is 0 Å². The molecule has 0 unspecified atom stereocenters. The summed E-state index contributed by atoms with van der Waals surface area (Å²) in [7, 11) is 0.584. The molecule has 0 fully saturated rings. The molecule has 4 heteroatoms. The van der Waals surface area contributed by atoms with E-state index in [1.807, 2.05) is 12.1 Å². The minimum Gasteiger partial charge on any atom is -0.553 e. The number of nitriles is 2. The van der Waals surface area contributed by atoms with Crippen molar-refractivity contribution < 1.29 is 4.43 Å². The number of hydrogen-bond donors (Lipinski definition) is 0. The van der Waals surface area contributed by atoms with Gasteiger partial charge in [-0.3, -0.25) is 0 Å². The van der Waals surface area contributed by atoms with Crippen LogP contribution in [0.3, 0.4) is 0 Å². The molecule has 1 aromatic rings. The highest BCUT2D eigenvalue weighted by Crippen LogP contribution is 2.15. The van der Waals surface area contributed by atoms with Crippen molar-refractivity contribution in [1.29, 1.82) is 10.5 Å². The summed E-state index contributed by atoms with van der Waals surface area (Å²) in [6.07, 6.45) is 0. The summed E-state index contributed by atoms with van der Waals surface area (Å²) in [5, 5.41) is 17.2. The minimum absolute atomic E-state index is 0.367. The lowest BCUT2D eigenvalue weighted by Crippen LogP contribution is -1.88. The molecule has 0 bridgehead atoms. The van der Waals surface area contributed by atoms with Gasteiger partial charge in [0.05, 0.1) is 11.1 Å². The minimum atomic E-state index is 0.367. The summed E-state index contributed by atoms with van der Waals surface area (Å²) in [6.45, 7) is 0. The zero-order chi connectivity index (χ0) is 8.97. The highest BCUT2D eigenvalue weighted by Gasteiger charge is 2.01. The quantitative estimate of drug-likeness (QED) is 0.567. The first-order valence-corrected chi connectivity index (χ1v) is 4.11. The molecule has 0 radical (unpaired) electrons. The van der Waals surface area contributed by atoms with E-state index in [1.165, 1.54) is 0 Å². The number of nitrogens with zero attached hydrogens (tertiary/aromatic N) is 2. The molecule has 1 rings (SSSR count). The van der Waals surface area contributed by atoms with E-state index < -0.39 is 0 Å². The molecule has 0 saturated heterocycles.